The van der Waals surface area contributed by atoms with Crippen LogP contribution in [0.15, 0.2) is 54.6 Å². The van der Waals surface area contributed by atoms with Gasteiger partial charge in [0.1, 0.15) is 11.5 Å². The third kappa shape index (κ3) is 3.43. The number of aromatic hydroxyl groups is 2. The summed E-state index contributed by atoms with van der Waals surface area (Å²) in [7, 11) is -0.389. The molecule has 96 valence electrons. The van der Waals surface area contributed by atoms with Crippen molar-refractivity contribution in [2.45, 2.75) is 0 Å². The lowest BCUT2D eigenvalue weighted by atomic mass is 9.97. The molecule has 0 radical (unpaired) electrons. The molecule has 0 amide bonds. The first-order chi connectivity index (χ1) is 9.20. The summed E-state index contributed by atoms with van der Waals surface area (Å²) in [4.78, 5) is 0. The molecule has 1 unspecified atom stereocenters. The molecule has 0 aliphatic heterocycles. The molecule has 0 saturated heterocycles. The fourth-order valence-corrected chi connectivity index (χ4v) is 2.12. The van der Waals surface area contributed by atoms with E-state index in [2.05, 4.69) is 0 Å². The molecule has 0 fully saturated rings. The lowest BCUT2D eigenvalue weighted by Gasteiger charge is -2.08. The van der Waals surface area contributed by atoms with Crippen molar-refractivity contribution in [1.82, 2.24) is 0 Å². The highest BCUT2D eigenvalue weighted by atomic mass is 31.1. The summed E-state index contributed by atoms with van der Waals surface area (Å²) in [5, 5.41) is 18.6. The van der Waals surface area contributed by atoms with E-state index in [9.17, 15) is 14.8 Å². The molecule has 0 aromatic heterocycles. The van der Waals surface area contributed by atoms with Crippen molar-refractivity contribution in [3.63, 3.8) is 0 Å². The minimum atomic E-state index is -0.389. The molecule has 0 bridgehead atoms. The Bertz CT molecular complexity index is 538. The topological polar surface area (TPSA) is 57.5 Å². The van der Waals surface area contributed by atoms with Gasteiger partial charge in [0.25, 0.3) is 0 Å². The van der Waals surface area contributed by atoms with Gasteiger partial charge in [0, 0.05) is 0 Å². The van der Waals surface area contributed by atoms with Crippen molar-refractivity contribution in [3.05, 3.63) is 65.7 Å². The average molecular weight is 273 g/mol. The molecule has 2 rings (SSSR count). The molecule has 19 heavy (non-hydrogen) atoms. The first kappa shape index (κ1) is 13.3. The summed E-state index contributed by atoms with van der Waals surface area (Å²) in [6.45, 7) is 0. The second-order valence-corrected chi connectivity index (χ2v) is 4.76. The molecule has 3 nitrogen and oxygen atoms in total. The third-order valence-electron chi connectivity index (χ3n) is 2.75. The number of hydrogen-bond acceptors (Lipinski definition) is 3. The van der Waals surface area contributed by atoms with Gasteiger partial charge in [-0.15, -0.1) is 0 Å². The van der Waals surface area contributed by atoms with E-state index in [0.717, 1.165) is 16.7 Å². The van der Waals surface area contributed by atoms with Crippen LogP contribution in [0.25, 0.3) is 5.57 Å². The molecule has 0 aliphatic carbocycles. The quantitative estimate of drug-likeness (QED) is 0.837. The Balaban J connectivity index is 2.44. The second-order valence-electron chi connectivity index (χ2n) is 4.06. The van der Waals surface area contributed by atoms with E-state index in [1.165, 1.54) is 0 Å². The van der Waals surface area contributed by atoms with Gasteiger partial charge in [-0.05, 0) is 47.0 Å². The zero-order chi connectivity index (χ0) is 13.7. The van der Waals surface area contributed by atoms with Gasteiger partial charge in [0.05, 0.1) is 0 Å². The molecule has 2 aromatic rings. The highest BCUT2D eigenvalue weighted by molar-refractivity contribution is 7.23. The highest BCUT2D eigenvalue weighted by Gasteiger charge is 2.06. The monoisotopic (exact) mass is 273 g/mol. The van der Waals surface area contributed by atoms with Gasteiger partial charge >= 0.3 is 8.46 Å². The zero-order valence-electron chi connectivity index (χ0n) is 10.2. The van der Waals surface area contributed by atoms with Crippen LogP contribution in [0, 0.1) is 0 Å². The number of phenolic OH excluding ortho intramolecular Hbond substituents is 2. The van der Waals surface area contributed by atoms with Crippen LogP contribution < -0.4 is 0 Å². The second kappa shape index (κ2) is 6.17. The number of allylic oxidation sites excluding steroid dienone is 1. The first-order valence-electron chi connectivity index (χ1n) is 5.84. The van der Waals surface area contributed by atoms with E-state index >= 15 is 0 Å². The Hall–Kier alpha value is -2.12. The Labute approximate surface area is 113 Å². The Morgan fingerprint density at radius 3 is 1.68 bits per heavy atom. The van der Waals surface area contributed by atoms with Crippen LogP contribution in [0.3, 0.4) is 0 Å². The van der Waals surface area contributed by atoms with Crippen LogP contribution >= 0.6 is 8.46 Å². The smallest absolute Gasteiger partial charge is 0.328 e. The van der Waals surface area contributed by atoms with E-state index in [-0.39, 0.29) is 20.0 Å². The van der Waals surface area contributed by atoms with E-state index in [1.807, 2.05) is 30.3 Å². The van der Waals surface area contributed by atoms with Crippen molar-refractivity contribution in [3.8, 4) is 11.5 Å². The number of rotatable bonds is 4. The van der Waals surface area contributed by atoms with Crippen molar-refractivity contribution in [2.75, 3.05) is 6.16 Å². The minimum Gasteiger partial charge on any atom is -0.508 e. The maximum atomic E-state index is 10.7. The van der Waals surface area contributed by atoms with Crippen LogP contribution in [0.5, 0.6) is 11.5 Å². The molecule has 1 atom stereocenters. The van der Waals surface area contributed by atoms with Crippen LogP contribution in [-0.2, 0) is 4.57 Å². The molecule has 0 heterocycles. The van der Waals surface area contributed by atoms with Gasteiger partial charge in [0.15, 0.2) is 6.16 Å². The minimum absolute atomic E-state index is 0.208. The predicted molar refractivity (Wildman–Crippen MR) is 77.2 cm³/mol. The summed E-state index contributed by atoms with van der Waals surface area (Å²) >= 11 is 0. The van der Waals surface area contributed by atoms with E-state index in [4.69, 9.17) is 0 Å². The van der Waals surface area contributed by atoms with Crippen LogP contribution in [0.4, 0.5) is 0 Å². The molecule has 0 spiro atoms. The average Bonchev–Trinajstić information content (AvgIpc) is 2.43. The molecular formula is C15H14O3P+. The standard InChI is InChI=1S/C15H13O3P/c16-13-5-1-11(2-6-13)15(9-10-19-18)12-3-7-14(17)8-4-12/h1-9,16-17H,10H2/p+1. The highest BCUT2D eigenvalue weighted by Crippen LogP contribution is 2.26. The molecule has 4 heteroatoms. The van der Waals surface area contributed by atoms with Crippen molar-refractivity contribution >= 4 is 14.0 Å². The molecule has 0 saturated carbocycles. The van der Waals surface area contributed by atoms with Crippen LogP contribution in [0.2, 0.25) is 0 Å². The summed E-state index contributed by atoms with van der Waals surface area (Å²) in [6, 6.07) is 13.7. The molecule has 0 aliphatic rings. The Kier molecular flexibility index (Phi) is 4.32. The maximum absolute atomic E-state index is 10.7. The number of hydrogen-bond donors (Lipinski definition) is 2. The van der Waals surface area contributed by atoms with Gasteiger partial charge in [-0.25, -0.2) is 0 Å². The number of phenols is 2. The van der Waals surface area contributed by atoms with E-state index in [0.29, 0.717) is 6.16 Å². The van der Waals surface area contributed by atoms with Gasteiger partial charge in [0.2, 0.25) is 0 Å². The summed E-state index contributed by atoms with van der Waals surface area (Å²) in [5.41, 5.74) is 2.80. The van der Waals surface area contributed by atoms with Gasteiger partial charge < -0.3 is 10.2 Å². The lowest BCUT2D eigenvalue weighted by molar-refractivity contribution is 0.475. The fourth-order valence-electron chi connectivity index (χ4n) is 1.83. The Morgan fingerprint density at radius 1 is 0.895 bits per heavy atom. The van der Waals surface area contributed by atoms with E-state index in [1.54, 1.807) is 24.3 Å². The maximum Gasteiger partial charge on any atom is 0.328 e. The van der Waals surface area contributed by atoms with Crippen LogP contribution in [0.1, 0.15) is 11.1 Å². The van der Waals surface area contributed by atoms with Crippen molar-refractivity contribution in [1.29, 1.82) is 0 Å². The summed E-state index contributed by atoms with van der Waals surface area (Å²) in [6.07, 6.45) is 2.36. The van der Waals surface area contributed by atoms with Gasteiger partial charge in [-0.3, -0.25) is 0 Å². The van der Waals surface area contributed by atoms with E-state index < -0.39 is 0 Å². The lowest BCUT2D eigenvalue weighted by Crippen LogP contribution is -1.88. The number of benzene rings is 2. The summed E-state index contributed by atoms with van der Waals surface area (Å²) < 4.78 is 10.7. The molecular weight excluding hydrogens is 259 g/mol. The van der Waals surface area contributed by atoms with Crippen molar-refractivity contribution < 1.29 is 14.8 Å². The van der Waals surface area contributed by atoms with Crippen molar-refractivity contribution in [2.24, 2.45) is 0 Å². The van der Waals surface area contributed by atoms with Gasteiger partial charge in [-0.2, -0.15) is 0 Å². The van der Waals surface area contributed by atoms with Gasteiger partial charge in [-0.1, -0.05) is 28.8 Å². The zero-order valence-corrected chi connectivity index (χ0v) is 11.2. The fraction of sp³-hybridized carbons (Fsp3) is 0.0667. The molecule has 2 N–H and O–H groups in total. The first-order valence-corrected chi connectivity index (χ1v) is 6.96. The third-order valence-corrected chi connectivity index (χ3v) is 3.12. The molecule has 2 aromatic carbocycles. The van der Waals surface area contributed by atoms with Crippen LogP contribution in [-0.4, -0.2) is 16.4 Å². The SMILES string of the molecule is O=[PH+]CC=C(c1ccc(O)cc1)c1ccc(O)cc1. The normalized spacial score (nSPS) is 10.3. The Morgan fingerprint density at radius 2 is 1.32 bits per heavy atom. The summed E-state index contributed by atoms with van der Waals surface area (Å²) in [5.74, 6) is 0.416. The predicted octanol–water partition coefficient (Wildman–Crippen LogP) is 3.55. The largest absolute Gasteiger partial charge is 0.508 e.